The summed E-state index contributed by atoms with van der Waals surface area (Å²) in [7, 11) is 0. The SMILES string of the molecule is CCC(=O)NCCNC(=O)NC(N)=NCCC[C@@H](NC(=O)C(c1cccc(NC(=O)CCCNc2c(NCCCCCCNC(=O)OC(C)(C)C)c(=O)c2=O)c1)N1Cc2ccccc2C1)C(=O)NCc1c(F)cc(O)cc1F. The number of carbonyl (C=O) groups excluding carboxylic acids is 6. The zero-order valence-corrected chi connectivity index (χ0v) is 44.5. The lowest BCUT2D eigenvalue weighted by atomic mass is 10.0. The maximum absolute atomic E-state index is 14.7. The predicted octanol–water partition coefficient (Wildman–Crippen LogP) is 4.37. The van der Waals surface area contributed by atoms with Gasteiger partial charge in [0.25, 0.3) is 10.9 Å². The summed E-state index contributed by atoms with van der Waals surface area (Å²) >= 11 is 0. The molecule has 12 N–H and O–H groups in total. The van der Waals surface area contributed by atoms with Gasteiger partial charge in [-0.25, -0.2) is 18.4 Å². The second kappa shape index (κ2) is 30.0. The molecular weight excluding hydrogens is 1010 g/mol. The van der Waals surface area contributed by atoms with Crippen molar-refractivity contribution in [2.24, 2.45) is 10.7 Å². The molecule has 22 nitrogen and oxygen atoms in total. The van der Waals surface area contributed by atoms with Crippen LogP contribution in [-0.2, 0) is 43.5 Å². The van der Waals surface area contributed by atoms with Crippen molar-refractivity contribution in [3.8, 4) is 5.75 Å². The highest BCUT2D eigenvalue weighted by Gasteiger charge is 2.35. The molecule has 0 spiro atoms. The Morgan fingerprint density at radius 2 is 1.37 bits per heavy atom. The number of phenols is 1. The smallest absolute Gasteiger partial charge is 0.407 e. The van der Waals surface area contributed by atoms with Crippen molar-refractivity contribution in [3.05, 3.63) is 115 Å². The molecule has 0 aromatic heterocycles. The molecule has 422 valence electrons. The van der Waals surface area contributed by atoms with Gasteiger partial charge in [-0.15, -0.1) is 0 Å². The molecule has 1 aliphatic rings. The number of alkyl carbamates (subject to hydrolysis) is 1. The fourth-order valence-corrected chi connectivity index (χ4v) is 8.37. The molecule has 4 aromatic rings. The summed E-state index contributed by atoms with van der Waals surface area (Å²) < 4.78 is 34.7. The van der Waals surface area contributed by atoms with E-state index in [0.717, 1.165) is 36.8 Å². The monoisotopic (exact) mass is 1090 g/mol. The van der Waals surface area contributed by atoms with Crippen LogP contribution in [0.15, 0.2) is 75.2 Å². The van der Waals surface area contributed by atoms with Gasteiger partial charge in [0, 0.05) is 95.1 Å². The van der Waals surface area contributed by atoms with E-state index in [1.165, 1.54) is 0 Å². The van der Waals surface area contributed by atoms with Gasteiger partial charge in [-0.1, -0.05) is 56.2 Å². The second-order valence-electron chi connectivity index (χ2n) is 19.6. The molecule has 0 fully saturated rings. The molecule has 1 aliphatic heterocycles. The van der Waals surface area contributed by atoms with E-state index < -0.39 is 82.0 Å². The zero-order valence-electron chi connectivity index (χ0n) is 44.5. The Kier molecular flexibility index (Phi) is 23.3. The van der Waals surface area contributed by atoms with Crippen molar-refractivity contribution >= 4 is 58.8 Å². The van der Waals surface area contributed by atoms with Crippen LogP contribution in [0, 0.1) is 11.6 Å². The zero-order chi connectivity index (χ0) is 56.8. The van der Waals surface area contributed by atoms with Gasteiger partial charge in [0.05, 0.1) is 0 Å². The van der Waals surface area contributed by atoms with Gasteiger partial charge in [-0.2, -0.15) is 0 Å². The molecule has 1 unspecified atom stereocenters. The number of anilines is 3. The second-order valence-corrected chi connectivity index (χ2v) is 19.6. The van der Waals surface area contributed by atoms with Gasteiger partial charge >= 0.3 is 12.1 Å². The standard InChI is InChI=1S/C54H72F2N12O10/c1-5-42(70)58-25-26-62-52(76)67-51(57)61-24-13-19-41(49(74)64-30-38-39(55)28-37(69)29-40(38)56)66-50(75)46(68-31-34-15-8-9-16-35(34)32-68)33-17-12-18-36(27-33)65-43(71)20-14-23-60-45-44(47(72)48(45)73)59-21-10-6-7-11-22-63-53(77)78-54(2,3)4/h8-9,12,15-18,27-29,41,46,59-60,69H,5-7,10-11,13-14,19-26,30-32H2,1-4H3,(H,58,70)(H,63,77)(H,64,74)(H,65,71)(H,66,75)(H4,57,61,62,67,76)/t41-,46?/m1/s1. The summed E-state index contributed by atoms with van der Waals surface area (Å²) in [6, 6.07) is 12.8. The molecule has 1 heterocycles. The molecule has 4 aromatic carbocycles. The van der Waals surface area contributed by atoms with Gasteiger partial charge in [0.1, 0.15) is 46.4 Å². The number of nitrogens with two attached hydrogens (primary N) is 1. The minimum absolute atomic E-state index is 0.0165. The van der Waals surface area contributed by atoms with Crippen LogP contribution in [0.1, 0.15) is 114 Å². The summed E-state index contributed by atoms with van der Waals surface area (Å²) in [5.41, 5.74) is 6.75. The molecule has 0 aliphatic carbocycles. The van der Waals surface area contributed by atoms with E-state index in [1.807, 2.05) is 29.2 Å². The highest BCUT2D eigenvalue weighted by Crippen LogP contribution is 2.33. The number of phenolic OH excluding ortho intramolecular Hbond substituents is 1. The topological polar surface area (TPSA) is 316 Å². The van der Waals surface area contributed by atoms with E-state index in [9.17, 15) is 52.2 Å². The summed E-state index contributed by atoms with van der Waals surface area (Å²) in [5.74, 6) is -5.00. The first kappa shape index (κ1) is 60.7. The van der Waals surface area contributed by atoms with E-state index >= 15 is 0 Å². The van der Waals surface area contributed by atoms with Crippen LogP contribution in [0.4, 0.5) is 35.4 Å². The molecule has 2 atom stereocenters. The van der Waals surface area contributed by atoms with E-state index in [-0.39, 0.29) is 74.6 Å². The van der Waals surface area contributed by atoms with Crippen LogP contribution in [0.2, 0.25) is 0 Å². The van der Waals surface area contributed by atoms with Crippen LogP contribution < -0.4 is 64.4 Å². The number of fused-ring (bicyclic) bond motifs is 1. The van der Waals surface area contributed by atoms with Crippen molar-refractivity contribution in [2.45, 2.75) is 123 Å². The summed E-state index contributed by atoms with van der Waals surface area (Å²) in [6.07, 6.45) is 3.42. The Labute approximate surface area is 451 Å². The van der Waals surface area contributed by atoms with Crippen molar-refractivity contribution < 1.29 is 47.4 Å². The largest absolute Gasteiger partial charge is 0.508 e. The van der Waals surface area contributed by atoms with Crippen molar-refractivity contribution in [1.29, 1.82) is 0 Å². The van der Waals surface area contributed by atoms with Gasteiger partial charge in [0.15, 0.2) is 5.96 Å². The van der Waals surface area contributed by atoms with Crippen molar-refractivity contribution in [2.75, 3.05) is 55.2 Å². The number of hydrogen-bond donors (Lipinski definition) is 11. The number of carbonyl (C=O) groups is 6. The maximum Gasteiger partial charge on any atom is 0.407 e. The predicted molar refractivity (Wildman–Crippen MR) is 291 cm³/mol. The number of hydrogen-bond acceptors (Lipinski definition) is 14. The molecule has 5 rings (SSSR count). The number of guanidine groups is 1. The van der Waals surface area contributed by atoms with E-state index in [2.05, 4.69) is 52.8 Å². The van der Waals surface area contributed by atoms with Gasteiger partial charge in [0.2, 0.25) is 23.6 Å². The number of unbranched alkanes of at least 4 members (excludes halogenated alkanes) is 3. The number of nitrogens with zero attached hydrogens (tertiary/aromatic N) is 2. The molecule has 0 bridgehead atoms. The molecule has 78 heavy (non-hydrogen) atoms. The first-order valence-corrected chi connectivity index (χ1v) is 26.1. The van der Waals surface area contributed by atoms with Crippen molar-refractivity contribution in [3.63, 3.8) is 0 Å². The van der Waals surface area contributed by atoms with E-state index in [1.54, 1.807) is 52.0 Å². The van der Waals surface area contributed by atoms with Crippen LogP contribution >= 0.6 is 0 Å². The Bertz CT molecular complexity index is 2780. The third kappa shape index (κ3) is 19.5. The summed E-state index contributed by atoms with van der Waals surface area (Å²) in [4.78, 5) is 108. The lowest BCUT2D eigenvalue weighted by molar-refractivity contribution is -0.132. The minimum Gasteiger partial charge on any atom is -0.508 e. The summed E-state index contributed by atoms with van der Waals surface area (Å²) in [6.45, 7) is 8.64. The average Bonchev–Trinajstić information content (AvgIpc) is 3.84. The molecular formula is C54H72F2N12O10. The fraction of sp³-hybridized carbons (Fsp3) is 0.463. The number of rotatable bonds is 29. The first-order chi connectivity index (χ1) is 37.2. The maximum atomic E-state index is 14.7. The summed E-state index contributed by atoms with van der Waals surface area (Å²) in [5, 5.41) is 34.1. The normalized spacial score (nSPS) is 13.1. The number of ether oxygens (including phenoxy) is 1. The number of aromatic hydroxyl groups is 1. The molecule has 0 saturated heterocycles. The van der Waals surface area contributed by atoms with Gasteiger partial charge < -0.3 is 58.1 Å². The Morgan fingerprint density at radius 1 is 0.744 bits per heavy atom. The van der Waals surface area contributed by atoms with Gasteiger partial charge in [-0.3, -0.25) is 44.0 Å². The fourth-order valence-electron chi connectivity index (χ4n) is 8.37. The highest BCUT2D eigenvalue weighted by atomic mass is 19.1. The van der Waals surface area contributed by atoms with Crippen LogP contribution in [0.3, 0.4) is 0 Å². The van der Waals surface area contributed by atoms with Crippen molar-refractivity contribution in [1.82, 2.24) is 36.8 Å². The highest BCUT2D eigenvalue weighted by molar-refractivity contribution is 5.95. The molecule has 24 heteroatoms. The molecule has 7 amide bonds. The molecule has 0 radical (unpaired) electrons. The van der Waals surface area contributed by atoms with E-state index in [0.29, 0.717) is 62.4 Å². The number of urea groups is 1. The Hall–Kier alpha value is -8.15. The van der Waals surface area contributed by atoms with Crippen LogP contribution in [-0.4, -0.2) is 103 Å². The number of amides is 7. The number of aliphatic imine (C=N–C) groups is 1. The third-order valence-corrected chi connectivity index (χ3v) is 12.3. The Balaban J connectivity index is 1.19. The van der Waals surface area contributed by atoms with Crippen LogP contribution in [0.5, 0.6) is 5.75 Å². The number of nitrogens with one attached hydrogen (secondary N) is 9. The third-order valence-electron chi connectivity index (χ3n) is 12.3. The quantitative estimate of drug-likeness (QED) is 0.0156. The molecule has 0 saturated carbocycles. The average molecular weight is 1090 g/mol. The minimum atomic E-state index is -1.29. The first-order valence-electron chi connectivity index (χ1n) is 26.1. The number of benzene rings is 3. The lowest BCUT2D eigenvalue weighted by Crippen LogP contribution is -2.50. The van der Waals surface area contributed by atoms with E-state index in [4.69, 9.17) is 10.5 Å². The Morgan fingerprint density at radius 3 is 2.01 bits per heavy atom. The lowest BCUT2D eigenvalue weighted by Gasteiger charge is -2.29. The van der Waals surface area contributed by atoms with Crippen LogP contribution in [0.25, 0.3) is 0 Å². The number of halogens is 2. The van der Waals surface area contributed by atoms with Gasteiger partial charge in [-0.05, 0) is 81.7 Å².